The van der Waals surface area contributed by atoms with Gasteiger partial charge in [0.2, 0.25) is 5.95 Å². The molecule has 1 N–H and O–H groups in total. The monoisotopic (exact) mass is 280 g/mol. The molecule has 6 heteroatoms. The number of hydrogen-bond donors (Lipinski definition) is 1. The van der Waals surface area contributed by atoms with Crippen molar-refractivity contribution in [3.63, 3.8) is 0 Å². The SMILES string of the molecule is COC(OC)C(C)NC1CCN(c2ncccn2)CC1. The van der Waals surface area contributed by atoms with E-state index < -0.39 is 0 Å². The molecule has 0 radical (unpaired) electrons. The normalized spacial score (nSPS) is 18.5. The highest BCUT2D eigenvalue weighted by molar-refractivity contribution is 5.29. The van der Waals surface area contributed by atoms with Crippen LogP contribution in [0.2, 0.25) is 0 Å². The zero-order valence-electron chi connectivity index (χ0n) is 12.5. The first-order chi connectivity index (χ1) is 9.74. The molecule has 0 spiro atoms. The van der Waals surface area contributed by atoms with Crippen molar-refractivity contribution in [1.29, 1.82) is 0 Å². The summed E-state index contributed by atoms with van der Waals surface area (Å²) >= 11 is 0. The predicted molar refractivity (Wildman–Crippen MR) is 77.7 cm³/mol. The molecule has 2 rings (SSSR count). The summed E-state index contributed by atoms with van der Waals surface area (Å²) in [6.45, 7) is 4.03. The second-order valence-electron chi connectivity index (χ2n) is 5.11. The fourth-order valence-corrected chi connectivity index (χ4v) is 2.66. The number of nitrogens with one attached hydrogen (secondary N) is 1. The van der Waals surface area contributed by atoms with E-state index in [2.05, 4.69) is 27.1 Å². The van der Waals surface area contributed by atoms with E-state index in [1.54, 1.807) is 26.6 Å². The molecule has 1 aromatic heterocycles. The number of hydrogen-bond acceptors (Lipinski definition) is 6. The van der Waals surface area contributed by atoms with Crippen molar-refractivity contribution < 1.29 is 9.47 Å². The minimum Gasteiger partial charge on any atom is -0.354 e. The van der Waals surface area contributed by atoms with Gasteiger partial charge in [0, 0.05) is 45.7 Å². The van der Waals surface area contributed by atoms with Gasteiger partial charge in [-0.25, -0.2) is 9.97 Å². The van der Waals surface area contributed by atoms with Crippen molar-refractivity contribution in [2.45, 2.75) is 38.1 Å². The summed E-state index contributed by atoms with van der Waals surface area (Å²) < 4.78 is 10.6. The predicted octanol–water partition coefficient (Wildman–Crippen LogP) is 1.04. The first-order valence-corrected chi connectivity index (χ1v) is 7.08. The first kappa shape index (κ1) is 15.2. The van der Waals surface area contributed by atoms with Gasteiger partial charge in [-0.15, -0.1) is 0 Å². The van der Waals surface area contributed by atoms with Gasteiger partial charge >= 0.3 is 0 Å². The van der Waals surface area contributed by atoms with Crippen molar-refractivity contribution in [2.24, 2.45) is 0 Å². The number of methoxy groups -OCH3 is 2. The quantitative estimate of drug-likeness (QED) is 0.786. The molecule has 0 amide bonds. The van der Waals surface area contributed by atoms with Crippen molar-refractivity contribution in [3.8, 4) is 0 Å². The largest absolute Gasteiger partial charge is 0.354 e. The third-order valence-corrected chi connectivity index (χ3v) is 3.70. The number of nitrogens with zero attached hydrogens (tertiary/aromatic N) is 3. The van der Waals surface area contributed by atoms with Crippen LogP contribution in [0.1, 0.15) is 19.8 Å². The molecule has 6 nitrogen and oxygen atoms in total. The number of piperidine rings is 1. The maximum atomic E-state index is 5.28. The Morgan fingerprint density at radius 3 is 2.35 bits per heavy atom. The summed E-state index contributed by atoms with van der Waals surface area (Å²) in [6.07, 6.45) is 5.52. The van der Waals surface area contributed by atoms with Gasteiger partial charge in [0.25, 0.3) is 0 Å². The number of aromatic nitrogens is 2. The fraction of sp³-hybridized carbons (Fsp3) is 0.714. The third kappa shape index (κ3) is 3.88. The molecule has 0 aromatic carbocycles. The second kappa shape index (κ2) is 7.52. The Kier molecular flexibility index (Phi) is 5.70. The number of ether oxygens (including phenoxy) is 2. The molecule has 1 unspecified atom stereocenters. The van der Waals surface area contributed by atoms with Gasteiger partial charge in [0.15, 0.2) is 6.29 Å². The topological polar surface area (TPSA) is 59.5 Å². The lowest BCUT2D eigenvalue weighted by Crippen LogP contribution is -2.49. The van der Waals surface area contributed by atoms with Crippen LogP contribution in [0.15, 0.2) is 18.5 Å². The van der Waals surface area contributed by atoms with Crippen molar-refractivity contribution >= 4 is 5.95 Å². The molecule has 0 saturated carbocycles. The van der Waals surface area contributed by atoms with E-state index in [0.717, 1.165) is 31.9 Å². The van der Waals surface area contributed by atoms with Crippen molar-refractivity contribution in [1.82, 2.24) is 15.3 Å². The smallest absolute Gasteiger partial charge is 0.225 e. The van der Waals surface area contributed by atoms with E-state index in [1.165, 1.54) is 0 Å². The van der Waals surface area contributed by atoms with E-state index >= 15 is 0 Å². The molecule has 1 fully saturated rings. The van der Waals surface area contributed by atoms with Crippen molar-refractivity contribution in [2.75, 3.05) is 32.2 Å². The van der Waals surface area contributed by atoms with Crippen LogP contribution in [0.5, 0.6) is 0 Å². The Labute approximate surface area is 120 Å². The average Bonchev–Trinajstić information content (AvgIpc) is 2.50. The average molecular weight is 280 g/mol. The van der Waals surface area contributed by atoms with Gasteiger partial charge in [-0.05, 0) is 25.8 Å². The Morgan fingerprint density at radius 2 is 1.80 bits per heavy atom. The maximum absolute atomic E-state index is 5.28. The molecule has 0 bridgehead atoms. The fourth-order valence-electron chi connectivity index (χ4n) is 2.66. The lowest BCUT2D eigenvalue weighted by atomic mass is 10.0. The molecule has 1 aliphatic heterocycles. The van der Waals surface area contributed by atoms with Gasteiger partial charge in [0.05, 0.1) is 6.04 Å². The van der Waals surface area contributed by atoms with Gasteiger partial charge in [-0.1, -0.05) is 0 Å². The van der Waals surface area contributed by atoms with E-state index in [0.29, 0.717) is 6.04 Å². The molecule has 1 aromatic rings. The molecule has 2 heterocycles. The molecule has 20 heavy (non-hydrogen) atoms. The summed E-state index contributed by atoms with van der Waals surface area (Å²) in [5.74, 6) is 0.825. The van der Waals surface area contributed by atoms with Crippen LogP contribution in [0.4, 0.5) is 5.95 Å². The van der Waals surface area contributed by atoms with E-state index in [-0.39, 0.29) is 12.3 Å². The van der Waals surface area contributed by atoms with Gasteiger partial charge in [-0.2, -0.15) is 0 Å². The summed E-state index contributed by atoms with van der Waals surface area (Å²) in [7, 11) is 3.34. The van der Waals surface area contributed by atoms with Gasteiger partial charge < -0.3 is 19.7 Å². The van der Waals surface area contributed by atoms with Crippen LogP contribution in [0, 0.1) is 0 Å². The lowest BCUT2D eigenvalue weighted by Gasteiger charge is -2.35. The Balaban J connectivity index is 1.80. The Morgan fingerprint density at radius 1 is 1.20 bits per heavy atom. The third-order valence-electron chi connectivity index (χ3n) is 3.70. The van der Waals surface area contributed by atoms with Crippen LogP contribution >= 0.6 is 0 Å². The van der Waals surface area contributed by atoms with E-state index in [9.17, 15) is 0 Å². The van der Waals surface area contributed by atoms with Crippen LogP contribution in [-0.4, -0.2) is 55.7 Å². The van der Waals surface area contributed by atoms with Crippen LogP contribution in [0.3, 0.4) is 0 Å². The first-order valence-electron chi connectivity index (χ1n) is 7.08. The van der Waals surface area contributed by atoms with Crippen molar-refractivity contribution in [3.05, 3.63) is 18.5 Å². The van der Waals surface area contributed by atoms with Crippen LogP contribution < -0.4 is 10.2 Å². The highest BCUT2D eigenvalue weighted by atomic mass is 16.7. The Hall–Kier alpha value is -1.24. The minimum atomic E-state index is -0.203. The standard InChI is InChI=1S/C14H24N4O2/c1-11(13(19-2)20-3)17-12-5-9-18(10-6-12)14-15-7-4-8-16-14/h4,7-8,11-13,17H,5-6,9-10H2,1-3H3. The molecule has 1 atom stereocenters. The van der Waals surface area contributed by atoms with E-state index in [4.69, 9.17) is 9.47 Å². The number of rotatable bonds is 6. The summed E-state index contributed by atoms with van der Waals surface area (Å²) in [6, 6.07) is 2.50. The second-order valence-corrected chi connectivity index (χ2v) is 5.11. The molecular formula is C14H24N4O2. The summed E-state index contributed by atoms with van der Waals surface area (Å²) in [4.78, 5) is 10.8. The zero-order valence-corrected chi connectivity index (χ0v) is 12.5. The van der Waals surface area contributed by atoms with E-state index in [1.807, 2.05) is 6.07 Å². The van der Waals surface area contributed by atoms with Crippen LogP contribution in [0.25, 0.3) is 0 Å². The number of anilines is 1. The minimum absolute atomic E-state index is 0.175. The van der Waals surface area contributed by atoms with Crippen LogP contribution in [-0.2, 0) is 9.47 Å². The Bertz CT molecular complexity index is 378. The maximum Gasteiger partial charge on any atom is 0.225 e. The summed E-state index contributed by atoms with van der Waals surface area (Å²) in [5.41, 5.74) is 0. The summed E-state index contributed by atoms with van der Waals surface area (Å²) in [5, 5.41) is 3.58. The van der Waals surface area contributed by atoms with Gasteiger partial charge in [0.1, 0.15) is 0 Å². The molecule has 112 valence electrons. The lowest BCUT2D eigenvalue weighted by molar-refractivity contribution is -0.121. The molecule has 1 aliphatic rings. The molecular weight excluding hydrogens is 256 g/mol. The highest BCUT2D eigenvalue weighted by Crippen LogP contribution is 2.16. The molecule has 1 saturated heterocycles. The molecule has 0 aliphatic carbocycles. The highest BCUT2D eigenvalue weighted by Gasteiger charge is 2.24. The zero-order chi connectivity index (χ0) is 14.4. The van der Waals surface area contributed by atoms with Gasteiger partial charge in [-0.3, -0.25) is 0 Å².